The number of rotatable bonds is 2. The largest absolute Gasteiger partial charge is 0.313 e. The van der Waals surface area contributed by atoms with Crippen molar-refractivity contribution in [2.24, 2.45) is 0 Å². The van der Waals surface area contributed by atoms with Crippen molar-refractivity contribution in [2.75, 3.05) is 19.6 Å². The minimum absolute atomic E-state index is 0.565. The summed E-state index contributed by atoms with van der Waals surface area (Å²) in [6, 6.07) is 10.7. The molecule has 13 heavy (non-hydrogen) atoms. The second-order valence-electron chi connectivity index (χ2n) is 4.17. The van der Waals surface area contributed by atoms with Gasteiger partial charge in [0.2, 0.25) is 0 Å². The van der Waals surface area contributed by atoms with Gasteiger partial charge in [-0.3, -0.25) is 4.90 Å². The first-order chi connectivity index (χ1) is 6.39. The van der Waals surface area contributed by atoms with Crippen molar-refractivity contribution in [3.05, 3.63) is 35.9 Å². The van der Waals surface area contributed by atoms with E-state index >= 15 is 0 Å². The van der Waals surface area contributed by atoms with E-state index in [0.717, 1.165) is 6.54 Å². The van der Waals surface area contributed by atoms with Gasteiger partial charge in [0.05, 0.1) is 5.54 Å². The molecule has 2 fully saturated rings. The predicted molar refractivity (Wildman–Crippen MR) is 52.5 cm³/mol. The molecule has 2 nitrogen and oxygen atoms in total. The van der Waals surface area contributed by atoms with Gasteiger partial charge in [0.15, 0.2) is 0 Å². The van der Waals surface area contributed by atoms with E-state index in [1.807, 2.05) is 0 Å². The predicted octanol–water partition coefficient (Wildman–Crippen LogP) is 0.844. The molecular formula is C11H14N2. The highest BCUT2D eigenvalue weighted by molar-refractivity contribution is 5.21. The Bertz CT molecular complexity index is 303. The van der Waals surface area contributed by atoms with Crippen LogP contribution in [0, 0.1) is 0 Å². The van der Waals surface area contributed by atoms with Crippen LogP contribution in [0.3, 0.4) is 0 Å². The maximum Gasteiger partial charge on any atom is 0.0589 e. The van der Waals surface area contributed by atoms with Gasteiger partial charge in [-0.05, 0) is 5.56 Å². The Balaban J connectivity index is 1.65. The van der Waals surface area contributed by atoms with Crippen LogP contribution in [0.25, 0.3) is 0 Å². The summed E-state index contributed by atoms with van der Waals surface area (Å²) in [6.07, 6.45) is 0. The van der Waals surface area contributed by atoms with Crippen LogP contribution in [0.5, 0.6) is 0 Å². The Labute approximate surface area is 78.6 Å². The van der Waals surface area contributed by atoms with Crippen molar-refractivity contribution in [1.82, 2.24) is 10.2 Å². The van der Waals surface area contributed by atoms with E-state index < -0.39 is 0 Å². The molecule has 0 saturated carbocycles. The molecule has 1 unspecified atom stereocenters. The number of benzene rings is 1. The summed E-state index contributed by atoms with van der Waals surface area (Å²) >= 11 is 0. The molecule has 0 aromatic heterocycles. The van der Waals surface area contributed by atoms with Crippen LogP contribution < -0.4 is 5.32 Å². The maximum atomic E-state index is 3.34. The summed E-state index contributed by atoms with van der Waals surface area (Å²) in [6.45, 7) is 4.80. The molecule has 0 bridgehead atoms. The summed E-state index contributed by atoms with van der Waals surface area (Å²) in [7, 11) is 0. The van der Waals surface area contributed by atoms with E-state index in [9.17, 15) is 0 Å². The van der Waals surface area contributed by atoms with Gasteiger partial charge in [0, 0.05) is 26.2 Å². The van der Waals surface area contributed by atoms with E-state index in [1.165, 1.54) is 25.2 Å². The van der Waals surface area contributed by atoms with Gasteiger partial charge >= 0.3 is 0 Å². The third-order valence-electron chi connectivity index (χ3n) is 3.18. The van der Waals surface area contributed by atoms with Crippen LogP contribution in [0.15, 0.2) is 30.3 Å². The lowest BCUT2D eigenvalue weighted by Crippen LogP contribution is -2.53. The minimum atomic E-state index is 0.565. The quantitative estimate of drug-likeness (QED) is 0.668. The summed E-state index contributed by atoms with van der Waals surface area (Å²) in [4.78, 5) is 2.55. The fraction of sp³-hybridized carbons (Fsp3) is 0.455. The fourth-order valence-corrected chi connectivity index (χ4v) is 2.10. The number of hydrogen-bond donors (Lipinski definition) is 1. The van der Waals surface area contributed by atoms with E-state index in [0.29, 0.717) is 5.54 Å². The van der Waals surface area contributed by atoms with Gasteiger partial charge in [-0.1, -0.05) is 30.3 Å². The highest BCUT2D eigenvalue weighted by Gasteiger charge is 2.55. The van der Waals surface area contributed by atoms with E-state index in [4.69, 9.17) is 0 Å². The highest BCUT2D eigenvalue weighted by Crippen LogP contribution is 2.36. The van der Waals surface area contributed by atoms with Gasteiger partial charge in [-0.2, -0.15) is 0 Å². The van der Waals surface area contributed by atoms with Crippen molar-refractivity contribution >= 4 is 0 Å². The molecule has 2 aliphatic rings. The number of nitrogens with one attached hydrogen (secondary N) is 1. The summed E-state index contributed by atoms with van der Waals surface area (Å²) in [5.74, 6) is 0. The van der Waals surface area contributed by atoms with Crippen LogP contribution >= 0.6 is 0 Å². The Kier molecular flexibility index (Phi) is 1.49. The standard InChI is InChI=1S/C11H14N2/c1-2-4-10(5-3-1)6-13-9-11(13)7-12-8-11/h1-5,12H,6-9H2. The molecule has 1 atom stereocenters. The van der Waals surface area contributed by atoms with Gasteiger partial charge in [0.1, 0.15) is 0 Å². The third kappa shape index (κ3) is 1.18. The molecule has 68 valence electrons. The molecular weight excluding hydrogens is 160 g/mol. The minimum Gasteiger partial charge on any atom is -0.313 e. The second kappa shape index (κ2) is 2.56. The molecule has 3 rings (SSSR count). The lowest BCUT2D eigenvalue weighted by molar-refractivity contribution is 0.295. The Morgan fingerprint density at radius 1 is 1.23 bits per heavy atom. The maximum absolute atomic E-state index is 3.34. The first-order valence-electron chi connectivity index (χ1n) is 4.89. The van der Waals surface area contributed by atoms with E-state index in [1.54, 1.807) is 0 Å². The molecule has 1 aromatic rings. The van der Waals surface area contributed by atoms with Crippen LogP contribution in [-0.2, 0) is 6.54 Å². The lowest BCUT2D eigenvalue weighted by atomic mass is 10.0. The van der Waals surface area contributed by atoms with Gasteiger partial charge in [-0.15, -0.1) is 0 Å². The zero-order valence-electron chi connectivity index (χ0n) is 7.66. The Morgan fingerprint density at radius 2 is 2.00 bits per heavy atom. The van der Waals surface area contributed by atoms with Gasteiger partial charge < -0.3 is 5.32 Å². The zero-order chi connectivity index (χ0) is 8.73. The van der Waals surface area contributed by atoms with Crippen LogP contribution in [0.1, 0.15) is 5.56 Å². The molecule has 1 spiro atoms. The zero-order valence-corrected chi connectivity index (χ0v) is 7.66. The summed E-state index contributed by atoms with van der Waals surface area (Å²) < 4.78 is 0. The van der Waals surface area contributed by atoms with Gasteiger partial charge in [0.25, 0.3) is 0 Å². The SMILES string of the molecule is c1ccc(CN2CC23CNC3)cc1. The van der Waals surface area contributed by atoms with Crippen molar-refractivity contribution in [3.8, 4) is 0 Å². The van der Waals surface area contributed by atoms with Crippen molar-refractivity contribution < 1.29 is 0 Å². The van der Waals surface area contributed by atoms with Crippen molar-refractivity contribution in [3.63, 3.8) is 0 Å². The monoisotopic (exact) mass is 174 g/mol. The van der Waals surface area contributed by atoms with E-state index in [-0.39, 0.29) is 0 Å². The van der Waals surface area contributed by atoms with Gasteiger partial charge in [-0.25, -0.2) is 0 Å². The molecule has 0 amide bonds. The molecule has 2 saturated heterocycles. The average molecular weight is 174 g/mol. The molecule has 2 heterocycles. The second-order valence-corrected chi connectivity index (χ2v) is 4.17. The molecule has 2 heteroatoms. The first-order valence-corrected chi connectivity index (χ1v) is 4.89. The molecule has 1 N–H and O–H groups in total. The third-order valence-corrected chi connectivity index (χ3v) is 3.18. The Morgan fingerprint density at radius 3 is 2.54 bits per heavy atom. The fourth-order valence-electron chi connectivity index (χ4n) is 2.10. The number of nitrogens with zero attached hydrogens (tertiary/aromatic N) is 1. The smallest absolute Gasteiger partial charge is 0.0589 e. The molecule has 2 aliphatic heterocycles. The average Bonchev–Trinajstić information content (AvgIpc) is 2.80. The van der Waals surface area contributed by atoms with Crippen molar-refractivity contribution in [2.45, 2.75) is 12.1 Å². The first kappa shape index (κ1) is 7.54. The Hall–Kier alpha value is -0.860. The normalized spacial score (nSPS) is 28.5. The van der Waals surface area contributed by atoms with E-state index in [2.05, 4.69) is 40.5 Å². The van der Waals surface area contributed by atoms with Crippen LogP contribution in [0.4, 0.5) is 0 Å². The molecule has 1 aromatic carbocycles. The van der Waals surface area contributed by atoms with Crippen molar-refractivity contribution in [1.29, 1.82) is 0 Å². The number of hydrogen-bond acceptors (Lipinski definition) is 2. The summed E-state index contributed by atoms with van der Waals surface area (Å²) in [5.41, 5.74) is 2.00. The highest BCUT2D eigenvalue weighted by atomic mass is 15.4. The molecule has 0 aliphatic carbocycles. The lowest BCUT2D eigenvalue weighted by Gasteiger charge is -2.28. The molecule has 0 radical (unpaired) electrons. The van der Waals surface area contributed by atoms with Crippen LogP contribution in [0.2, 0.25) is 0 Å². The summed E-state index contributed by atoms with van der Waals surface area (Å²) in [5, 5.41) is 3.34. The van der Waals surface area contributed by atoms with Crippen LogP contribution in [-0.4, -0.2) is 30.1 Å². The topological polar surface area (TPSA) is 15.0 Å².